The average Bonchev–Trinajstić information content (AvgIpc) is 3.03. The SMILES string of the molecule is CC.CCC(C)CCCC1(CCCC(C)Cl)c2cc(S)ccc2-c2ccc(SC)cc21. The van der Waals surface area contributed by atoms with E-state index in [4.69, 9.17) is 24.2 Å². The molecule has 0 amide bonds. The van der Waals surface area contributed by atoms with Crippen molar-refractivity contribution in [2.75, 3.05) is 6.26 Å². The summed E-state index contributed by atoms with van der Waals surface area (Å²) < 4.78 is 0. The lowest BCUT2D eigenvalue weighted by molar-refractivity contribution is 0.380. The first-order valence-corrected chi connectivity index (χ1v) is 14.2. The van der Waals surface area contributed by atoms with Crippen LogP contribution >= 0.6 is 36.0 Å². The van der Waals surface area contributed by atoms with Crippen LogP contribution in [-0.4, -0.2) is 11.6 Å². The number of fused-ring (bicyclic) bond motifs is 3. The molecule has 31 heavy (non-hydrogen) atoms. The third-order valence-corrected chi connectivity index (χ3v) is 7.98. The summed E-state index contributed by atoms with van der Waals surface area (Å²) in [5.41, 5.74) is 5.95. The van der Waals surface area contributed by atoms with Crippen molar-refractivity contribution in [2.45, 2.75) is 100 Å². The van der Waals surface area contributed by atoms with Crippen molar-refractivity contribution in [1.82, 2.24) is 0 Å². The quantitative estimate of drug-likeness (QED) is 0.202. The molecule has 0 nitrogen and oxygen atoms in total. The predicted molar refractivity (Wildman–Crippen MR) is 146 cm³/mol. The van der Waals surface area contributed by atoms with Crippen LogP contribution in [0.3, 0.4) is 0 Å². The van der Waals surface area contributed by atoms with Crippen LogP contribution in [0, 0.1) is 5.92 Å². The number of thiol groups is 1. The first kappa shape index (κ1) is 26.7. The predicted octanol–water partition coefficient (Wildman–Crippen LogP) is 10.0. The van der Waals surface area contributed by atoms with Gasteiger partial charge in [0.2, 0.25) is 0 Å². The van der Waals surface area contributed by atoms with E-state index in [0.717, 1.165) is 23.7 Å². The molecular formula is C28H41ClS2. The summed E-state index contributed by atoms with van der Waals surface area (Å²) in [4.78, 5) is 2.43. The van der Waals surface area contributed by atoms with Gasteiger partial charge in [-0.15, -0.1) is 36.0 Å². The number of thioether (sulfide) groups is 1. The molecule has 172 valence electrons. The molecule has 0 aliphatic heterocycles. The fourth-order valence-corrected chi connectivity index (χ4v) is 5.69. The highest BCUT2D eigenvalue weighted by Gasteiger charge is 2.42. The molecule has 1 aliphatic rings. The topological polar surface area (TPSA) is 0 Å². The highest BCUT2D eigenvalue weighted by atomic mass is 35.5. The summed E-state index contributed by atoms with van der Waals surface area (Å²) in [6, 6.07) is 13.9. The number of alkyl halides is 1. The van der Waals surface area contributed by atoms with E-state index in [9.17, 15) is 0 Å². The van der Waals surface area contributed by atoms with Gasteiger partial charge in [0.1, 0.15) is 0 Å². The second-order valence-corrected chi connectivity index (χ2v) is 10.9. The van der Waals surface area contributed by atoms with Gasteiger partial charge in [0.25, 0.3) is 0 Å². The fourth-order valence-electron chi connectivity index (χ4n) is 4.89. The van der Waals surface area contributed by atoms with E-state index >= 15 is 0 Å². The highest BCUT2D eigenvalue weighted by molar-refractivity contribution is 7.98. The molecule has 1 aliphatic carbocycles. The summed E-state index contributed by atoms with van der Waals surface area (Å²) >= 11 is 12.9. The van der Waals surface area contributed by atoms with E-state index in [1.807, 2.05) is 25.6 Å². The van der Waals surface area contributed by atoms with E-state index in [1.165, 1.54) is 59.3 Å². The summed E-state index contributed by atoms with van der Waals surface area (Å²) in [5.74, 6) is 0.795. The molecule has 2 aromatic rings. The van der Waals surface area contributed by atoms with Crippen LogP contribution in [-0.2, 0) is 5.41 Å². The second kappa shape index (κ2) is 12.6. The number of hydrogen-bond acceptors (Lipinski definition) is 2. The molecule has 0 aromatic heterocycles. The van der Waals surface area contributed by atoms with E-state index in [1.54, 1.807) is 0 Å². The summed E-state index contributed by atoms with van der Waals surface area (Å²) in [7, 11) is 0. The van der Waals surface area contributed by atoms with Crippen LogP contribution < -0.4 is 0 Å². The van der Waals surface area contributed by atoms with Gasteiger partial charge in [-0.05, 0) is 84.9 Å². The van der Waals surface area contributed by atoms with Crippen molar-refractivity contribution in [2.24, 2.45) is 5.92 Å². The van der Waals surface area contributed by atoms with Gasteiger partial charge in [0.05, 0.1) is 0 Å². The first-order valence-electron chi connectivity index (χ1n) is 12.1. The maximum absolute atomic E-state index is 6.33. The Morgan fingerprint density at radius 1 is 0.935 bits per heavy atom. The maximum Gasteiger partial charge on any atom is 0.0307 e. The first-order chi connectivity index (χ1) is 14.9. The Kier molecular flexibility index (Phi) is 10.9. The third kappa shape index (κ3) is 6.27. The van der Waals surface area contributed by atoms with Crippen LogP contribution in [0.1, 0.15) is 90.7 Å². The van der Waals surface area contributed by atoms with Gasteiger partial charge < -0.3 is 0 Å². The van der Waals surface area contributed by atoms with Gasteiger partial charge >= 0.3 is 0 Å². The lowest BCUT2D eigenvalue weighted by Gasteiger charge is -2.33. The molecule has 0 radical (unpaired) electrons. The molecular weight excluding hydrogens is 436 g/mol. The third-order valence-electron chi connectivity index (χ3n) is 6.75. The zero-order chi connectivity index (χ0) is 23.0. The lowest BCUT2D eigenvalue weighted by atomic mass is 9.70. The van der Waals surface area contributed by atoms with E-state index in [2.05, 4.69) is 63.4 Å². The molecule has 0 saturated heterocycles. The molecule has 0 bridgehead atoms. The average molecular weight is 477 g/mol. The largest absolute Gasteiger partial charge is 0.143 e. The second-order valence-electron chi connectivity index (χ2n) is 8.80. The molecule has 3 heteroatoms. The van der Waals surface area contributed by atoms with Crippen LogP contribution in [0.4, 0.5) is 0 Å². The molecule has 3 unspecified atom stereocenters. The Morgan fingerprint density at radius 2 is 1.52 bits per heavy atom. The van der Waals surface area contributed by atoms with Crippen LogP contribution in [0.2, 0.25) is 0 Å². The van der Waals surface area contributed by atoms with Crippen molar-refractivity contribution in [1.29, 1.82) is 0 Å². The number of benzene rings is 2. The van der Waals surface area contributed by atoms with Gasteiger partial charge in [-0.3, -0.25) is 0 Å². The Balaban J connectivity index is 0.00000166. The zero-order valence-electron chi connectivity index (χ0n) is 20.3. The lowest BCUT2D eigenvalue weighted by Crippen LogP contribution is -2.26. The molecule has 0 fully saturated rings. The van der Waals surface area contributed by atoms with Gasteiger partial charge in [0, 0.05) is 20.6 Å². The van der Waals surface area contributed by atoms with Crippen molar-refractivity contribution < 1.29 is 0 Å². The van der Waals surface area contributed by atoms with Crippen LogP contribution in [0.5, 0.6) is 0 Å². The van der Waals surface area contributed by atoms with Crippen LogP contribution in [0.15, 0.2) is 46.2 Å². The molecule has 0 N–H and O–H groups in total. The minimum Gasteiger partial charge on any atom is -0.143 e. The van der Waals surface area contributed by atoms with Gasteiger partial charge in [-0.1, -0.05) is 65.5 Å². The van der Waals surface area contributed by atoms with Crippen LogP contribution in [0.25, 0.3) is 11.1 Å². The van der Waals surface area contributed by atoms with Crippen molar-refractivity contribution in [3.63, 3.8) is 0 Å². The van der Waals surface area contributed by atoms with Crippen molar-refractivity contribution in [3.8, 4) is 11.1 Å². The highest BCUT2D eigenvalue weighted by Crippen LogP contribution is 2.55. The fraction of sp³-hybridized carbons (Fsp3) is 0.571. The van der Waals surface area contributed by atoms with E-state index < -0.39 is 0 Å². The van der Waals surface area contributed by atoms with E-state index in [-0.39, 0.29) is 10.8 Å². The summed E-state index contributed by atoms with van der Waals surface area (Å²) in [5, 5.41) is 0.237. The maximum atomic E-state index is 6.33. The summed E-state index contributed by atoms with van der Waals surface area (Å²) in [6.45, 7) is 10.8. The monoisotopic (exact) mass is 476 g/mol. The van der Waals surface area contributed by atoms with Gasteiger partial charge in [-0.2, -0.15) is 0 Å². The van der Waals surface area contributed by atoms with Crippen molar-refractivity contribution >= 4 is 36.0 Å². The van der Waals surface area contributed by atoms with Crippen molar-refractivity contribution in [3.05, 3.63) is 47.5 Å². The molecule has 0 saturated carbocycles. The Morgan fingerprint density at radius 3 is 2.10 bits per heavy atom. The molecule has 3 atom stereocenters. The molecule has 0 spiro atoms. The number of rotatable bonds is 10. The number of halogens is 1. The van der Waals surface area contributed by atoms with Gasteiger partial charge in [-0.25, -0.2) is 0 Å². The van der Waals surface area contributed by atoms with E-state index in [0.29, 0.717) is 0 Å². The standard InChI is InChI=1S/C26H35ClS2.C2H6/c1-5-18(2)8-6-14-26(15-7-9-19(3)27)24-16-20(28)10-12-22(24)23-13-11-21(29-4)17-25(23)26;1-2/h10-13,16-19,28H,5-9,14-15H2,1-4H3;1-2H3. The zero-order valence-corrected chi connectivity index (χ0v) is 22.8. The Bertz CT molecular complexity index is 830. The Hall–Kier alpha value is -0.570. The Labute approximate surface area is 206 Å². The molecule has 0 heterocycles. The molecule has 3 rings (SSSR count). The summed E-state index contributed by atoms with van der Waals surface area (Å²) in [6.07, 6.45) is 10.6. The molecule has 2 aromatic carbocycles. The normalized spacial score (nSPS) is 18.6. The van der Waals surface area contributed by atoms with Gasteiger partial charge in [0.15, 0.2) is 0 Å². The smallest absolute Gasteiger partial charge is 0.0307 e. The number of hydrogen-bond donors (Lipinski definition) is 1. The minimum absolute atomic E-state index is 0.0917. The minimum atomic E-state index is 0.0917.